The van der Waals surface area contributed by atoms with Gasteiger partial charge in [0, 0.05) is 12.1 Å². The smallest absolute Gasteiger partial charge is 0.273 e. The molecule has 0 saturated heterocycles. The zero-order chi connectivity index (χ0) is 20.8. The Morgan fingerprint density at radius 1 is 1.10 bits per heavy atom. The summed E-state index contributed by atoms with van der Waals surface area (Å²) in [5.41, 5.74) is 0.334. The Balaban J connectivity index is 1.46. The molecule has 0 unspecified atom stereocenters. The molecule has 0 aliphatic heterocycles. The van der Waals surface area contributed by atoms with Gasteiger partial charge in [0.25, 0.3) is 11.8 Å². The van der Waals surface area contributed by atoms with Crippen LogP contribution in [0.25, 0.3) is 0 Å². The maximum absolute atomic E-state index is 12.4. The number of nitrogens with one attached hydrogen (secondary N) is 2. The fourth-order valence-electron chi connectivity index (χ4n) is 3.46. The molecular formula is C21H29N5O3. The van der Waals surface area contributed by atoms with Crippen LogP contribution >= 0.6 is 0 Å². The minimum atomic E-state index is -0.549. The number of benzene rings is 1. The molecule has 1 aliphatic rings. The van der Waals surface area contributed by atoms with Crippen molar-refractivity contribution in [3.8, 4) is 5.75 Å². The second-order valence-electron chi connectivity index (χ2n) is 7.80. The minimum absolute atomic E-state index is 0.0555. The standard InChI is InChI=1S/C21H29N5O3/c1-14(2)22-21(28)19-13-26(25-24-19)17-11-9-16(10-12-17)23-20(27)15(3)29-18-7-5-4-6-8-18/h4-8,13-17H,9-12H2,1-3H3,(H,22,28)(H,23,27)/t15-,16?,17?/m1/s1. The highest BCUT2D eigenvalue weighted by Gasteiger charge is 2.26. The molecule has 3 rings (SSSR count). The van der Waals surface area contributed by atoms with E-state index in [9.17, 15) is 9.59 Å². The van der Waals surface area contributed by atoms with E-state index >= 15 is 0 Å². The average molecular weight is 399 g/mol. The van der Waals surface area contributed by atoms with Crippen LogP contribution in [0, 0.1) is 0 Å². The SMILES string of the molecule is CC(C)NC(=O)c1cn(C2CCC(NC(=O)[C@@H](C)Oc3ccccc3)CC2)nn1. The molecule has 8 nitrogen and oxygen atoms in total. The first-order valence-electron chi connectivity index (χ1n) is 10.2. The van der Waals surface area contributed by atoms with E-state index in [1.54, 1.807) is 17.8 Å². The summed E-state index contributed by atoms with van der Waals surface area (Å²) in [6.45, 7) is 5.57. The molecule has 2 N–H and O–H groups in total. The van der Waals surface area contributed by atoms with E-state index in [2.05, 4.69) is 20.9 Å². The minimum Gasteiger partial charge on any atom is -0.481 e. The molecule has 0 radical (unpaired) electrons. The molecule has 1 aliphatic carbocycles. The average Bonchev–Trinajstić information content (AvgIpc) is 3.19. The summed E-state index contributed by atoms with van der Waals surface area (Å²) >= 11 is 0. The van der Waals surface area contributed by atoms with E-state index in [0.717, 1.165) is 25.7 Å². The van der Waals surface area contributed by atoms with Crippen LogP contribution in [-0.2, 0) is 4.79 Å². The van der Waals surface area contributed by atoms with Crippen LogP contribution in [0.2, 0.25) is 0 Å². The molecule has 1 aromatic heterocycles. The molecule has 0 bridgehead atoms. The fourth-order valence-corrected chi connectivity index (χ4v) is 3.46. The molecule has 2 amide bonds. The van der Waals surface area contributed by atoms with Gasteiger partial charge in [0.1, 0.15) is 5.75 Å². The monoisotopic (exact) mass is 399 g/mol. The van der Waals surface area contributed by atoms with E-state index in [1.165, 1.54) is 0 Å². The third kappa shape index (κ3) is 5.79. The number of hydrogen-bond acceptors (Lipinski definition) is 5. The normalized spacial score (nSPS) is 20.1. The lowest BCUT2D eigenvalue weighted by Gasteiger charge is -2.29. The molecule has 8 heteroatoms. The summed E-state index contributed by atoms with van der Waals surface area (Å²) < 4.78 is 7.46. The topological polar surface area (TPSA) is 98.1 Å². The number of para-hydroxylation sites is 1. The lowest BCUT2D eigenvalue weighted by Crippen LogP contribution is -2.44. The molecule has 0 spiro atoms. The Bertz CT molecular complexity index is 813. The van der Waals surface area contributed by atoms with E-state index < -0.39 is 6.10 Å². The van der Waals surface area contributed by atoms with Gasteiger partial charge in [-0.1, -0.05) is 23.4 Å². The van der Waals surface area contributed by atoms with Crippen molar-refractivity contribution in [2.24, 2.45) is 0 Å². The highest BCUT2D eigenvalue weighted by Crippen LogP contribution is 2.28. The van der Waals surface area contributed by atoms with Gasteiger partial charge >= 0.3 is 0 Å². The van der Waals surface area contributed by atoms with E-state index in [4.69, 9.17) is 4.74 Å². The first-order valence-corrected chi connectivity index (χ1v) is 10.2. The Morgan fingerprint density at radius 3 is 2.45 bits per heavy atom. The molecule has 2 aromatic rings. The van der Waals surface area contributed by atoms with Crippen molar-refractivity contribution in [2.45, 2.75) is 70.7 Å². The van der Waals surface area contributed by atoms with Crippen LogP contribution in [0.4, 0.5) is 0 Å². The summed E-state index contributed by atoms with van der Waals surface area (Å²) in [4.78, 5) is 24.5. The number of hydrogen-bond donors (Lipinski definition) is 2. The maximum atomic E-state index is 12.4. The van der Waals surface area contributed by atoms with Crippen molar-refractivity contribution in [1.29, 1.82) is 0 Å². The molecule has 156 valence electrons. The Hall–Kier alpha value is -2.90. The van der Waals surface area contributed by atoms with Crippen LogP contribution in [0.3, 0.4) is 0 Å². The molecule has 1 saturated carbocycles. The van der Waals surface area contributed by atoms with Crippen molar-refractivity contribution in [1.82, 2.24) is 25.6 Å². The van der Waals surface area contributed by atoms with Crippen LogP contribution in [0.1, 0.15) is 63.0 Å². The maximum Gasteiger partial charge on any atom is 0.273 e. The van der Waals surface area contributed by atoms with Crippen molar-refractivity contribution < 1.29 is 14.3 Å². The molecular weight excluding hydrogens is 370 g/mol. The van der Waals surface area contributed by atoms with Gasteiger partial charge in [-0.15, -0.1) is 5.10 Å². The first-order chi connectivity index (χ1) is 13.9. The number of nitrogens with zero attached hydrogens (tertiary/aromatic N) is 3. The van der Waals surface area contributed by atoms with Gasteiger partial charge in [-0.2, -0.15) is 0 Å². The van der Waals surface area contributed by atoms with Crippen molar-refractivity contribution in [3.05, 3.63) is 42.2 Å². The summed E-state index contributed by atoms with van der Waals surface area (Å²) in [6.07, 6.45) is 4.59. The van der Waals surface area contributed by atoms with Gasteiger partial charge < -0.3 is 15.4 Å². The number of aromatic nitrogens is 3. The molecule has 1 fully saturated rings. The number of carbonyl (C=O) groups is 2. The third-order valence-corrected chi connectivity index (χ3v) is 5.01. The number of amides is 2. The number of ether oxygens (including phenoxy) is 1. The second kappa shape index (κ2) is 9.54. The van der Waals surface area contributed by atoms with Crippen LogP contribution in [0.15, 0.2) is 36.5 Å². The van der Waals surface area contributed by atoms with Gasteiger partial charge in [0.15, 0.2) is 11.8 Å². The lowest BCUT2D eigenvalue weighted by molar-refractivity contribution is -0.128. The zero-order valence-electron chi connectivity index (χ0n) is 17.2. The van der Waals surface area contributed by atoms with Crippen molar-refractivity contribution in [2.75, 3.05) is 0 Å². The van der Waals surface area contributed by atoms with Crippen LogP contribution < -0.4 is 15.4 Å². The fraction of sp³-hybridized carbons (Fsp3) is 0.524. The first kappa shape index (κ1) is 20.8. The van der Waals surface area contributed by atoms with Gasteiger partial charge in [0.2, 0.25) is 0 Å². The summed E-state index contributed by atoms with van der Waals surface area (Å²) in [7, 11) is 0. The summed E-state index contributed by atoms with van der Waals surface area (Å²) in [5.74, 6) is 0.368. The van der Waals surface area contributed by atoms with Gasteiger partial charge in [0.05, 0.1) is 12.2 Å². The second-order valence-corrected chi connectivity index (χ2v) is 7.80. The van der Waals surface area contributed by atoms with Gasteiger partial charge in [-0.05, 0) is 58.6 Å². The largest absolute Gasteiger partial charge is 0.481 e. The highest BCUT2D eigenvalue weighted by molar-refractivity contribution is 5.92. The van der Waals surface area contributed by atoms with Gasteiger partial charge in [-0.25, -0.2) is 4.68 Å². The van der Waals surface area contributed by atoms with E-state index in [1.807, 2.05) is 44.2 Å². The van der Waals surface area contributed by atoms with E-state index in [-0.39, 0.29) is 29.9 Å². The Labute approximate surface area is 171 Å². The van der Waals surface area contributed by atoms with Crippen molar-refractivity contribution >= 4 is 11.8 Å². The third-order valence-electron chi connectivity index (χ3n) is 5.01. The molecule has 29 heavy (non-hydrogen) atoms. The van der Waals surface area contributed by atoms with Crippen LogP contribution in [0.5, 0.6) is 5.75 Å². The predicted octanol–water partition coefficient (Wildman–Crippen LogP) is 2.48. The highest BCUT2D eigenvalue weighted by atomic mass is 16.5. The summed E-state index contributed by atoms with van der Waals surface area (Å²) in [6, 6.07) is 9.70. The van der Waals surface area contributed by atoms with Gasteiger partial charge in [-0.3, -0.25) is 9.59 Å². The molecule has 1 aromatic carbocycles. The number of rotatable bonds is 7. The number of carbonyl (C=O) groups excluding carboxylic acids is 2. The molecule has 1 heterocycles. The summed E-state index contributed by atoms with van der Waals surface area (Å²) in [5, 5.41) is 14.0. The van der Waals surface area contributed by atoms with Crippen molar-refractivity contribution in [3.63, 3.8) is 0 Å². The van der Waals surface area contributed by atoms with E-state index in [0.29, 0.717) is 11.4 Å². The quantitative estimate of drug-likeness (QED) is 0.745. The Morgan fingerprint density at radius 2 is 1.79 bits per heavy atom. The lowest BCUT2D eigenvalue weighted by atomic mass is 9.91. The predicted molar refractivity (Wildman–Crippen MR) is 109 cm³/mol. The zero-order valence-corrected chi connectivity index (χ0v) is 17.2. The van der Waals surface area contributed by atoms with Crippen LogP contribution in [-0.4, -0.2) is 45.0 Å². The Kier molecular flexibility index (Phi) is 6.85. The molecule has 1 atom stereocenters.